The fourth-order valence-corrected chi connectivity index (χ4v) is 4.00. The fraction of sp³-hybridized carbons (Fsp3) is 0.737. The van der Waals surface area contributed by atoms with Crippen LogP contribution in [-0.2, 0) is 24.0 Å². The second-order valence-electron chi connectivity index (χ2n) is 7.78. The first-order valence-electron chi connectivity index (χ1n) is 9.86. The lowest BCUT2D eigenvalue weighted by Crippen LogP contribution is -2.61. The molecule has 11 nitrogen and oxygen atoms in total. The number of ketones is 1. The molecule has 170 valence electrons. The number of rotatable bonds is 14. The van der Waals surface area contributed by atoms with E-state index in [-0.39, 0.29) is 38.5 Å². The minimum absolute atomic E-state index is 0.0280. The number of aliphatic carboxylic acids is 3. The second kappa shape index (κ2) is 12.4. The van der Waals surface area contributed by atoms with E-state index in [1.54, 1.807) is 9.80 Å². The van der Waals surface area contributed by atoms with E-state index in [0.29, 0.717) is 45.1 Å². The van der Waals surface area contributed by atoms with Crippen molar-refractivity contribution in [2.75, 3.05) is 52.4 Å². The predicted molar refractivity (Wildman–Crippen MR) is 105 cm³/mol. The fourth-order valence-electron chi connectivity index (χ4n) is 4.00. The molecule has 11 heteroatoms. The summed E-state index contributed by atoms with van der Waals surface area (Å²) in [5, 5.41) is 27.9. The maximum atomic E-state index is 11.5. The Morgan fingerprint density at radius 2 is 1.47 bits per heavy atom. The summed E-state index contributed by atoms with van der Waals surface area (Å²) in [6.07, 6.45) is 2.47. The molecule has 0 amide bonds. The summed E-state index contributed by atoms with van der Waals surface area (Å²) in [4.78, 5) is 61.5. The highest BCUT2D eigenvalue weighted by molar-refractivity contribution is 5.75. The number of aldehydes is 1. The van der Waals surface area contributed by atoms with Gasteiger partial charge in [-0.15, -0.1) is 0 Å². The summed E-state index contributed by atoms with van der Waals surface area (Å²) in [5.41, 5.74) is -0.947. The minimum atomic E-state index is -1.14. The monoisotopic (exact) mass is 429 g/mol. The van der Waals surface area contributed by atoms with Gasteiger partial charge >= 0.3 is 17.9 Å². The van der Waals surface area contributed by atoms with E-state index in [1.165, 1.54) is 11.8 Å². The Kier molecular flexibility index (Phi) is 10.6. The van der Waals surface area contributed by atoms with Gasteiger partial charge in [0.25, 0.3) is 0 Å². The smallest absolute Gasteiger partial charge is 0.317 e. The van der Waals surface area contributed by atoms with Gasteiger partial charge in [0.2, 0.25) is 0 Å². The van der Waals surface area contributed by atoms with Crippen LogP contribution in [0, 0.1) is 0 Å². The maximum absolute atomic E-state index is 11.5. The summed E-state index contributed by atoms with van der Waals surface area (Å²) in [5.74, 6) is -3.21. The lowest BCUT2D eigenvalue weighted by atomic mass is 9.88. The molecule has 1 aliphatic rings. The Bertz CT molecular complexity index is 613. The highest BCUT2D eigenvalue weighted by atomic mass is 16.4. The average Bonchev–Trinajstić information content (AvgIpc) is 2.77. The molecule has 1 fully saturated rings. The van der Waals surface area contributed by atoms with Gasteiger partial charge < -0.3 is 24.9 Å². The molecule has 0 unspecified atom stereocenters. The third-order valence-electron chi connectivity index (χ3n) is 5.20. The number of unbranched alkanes of at least 4 members (excludes halogenated alkanes) is 1. The van der Waals surface area contributed by atoms with Crippen molar-refractivity contribution in [2.45, 2.75) is 38.1 Å². The van der Waals surface area contributed by atoms with Crippen molar-refractivity contribution in [1.29, 1.82) is 0 Å². The van der Waals surface area contributed by atoms with Gasteiger partial charge in [-0.3, -0.25) is 29.1 Å². The van der Waals surface area contributed by atoms with Gasteiger partial charge in [0, 0.05) is 38.1 Å². The van der Waals surface area contributed by atoms with Crippen LogP contribution in [0.1, 0.15) is 32.6 Å². The zero-order valence-corrected chi connectivity index (χ0v) is 17.3. The lowest BCUT2D eigenvalue weighted by molar-refractivity contribution is -0.143. The van der Waals surface area contributed by atoms with E-state index in [4.69, 9.17) is 0 Å². The molecule has 0 bridgehead atoms. The molecule has 1 aliphatic heterocycles. The van der Waals surface area contributed by atoms with Gasteiger partial charge in [-0.1, -0.05) is 6.42 Å². The first kappa shape index (κ1) is 25.7. The number of hydrogen-bond donors (Lipinski definition) is 3. The van der Waals surface area contributed by atoms with Gasteiger partial charge in [0.05, 0.1) is 26.2 Å². The Morgan fingerprint density at radius 1 is 0.933 bits per heavy atom. The molecule has 0 radical (unpaired) electrons. The molecule has 0 atom stereocenters. The van der Waals surface area contributed by atoms with E-state index < -0.39 is 30.0 Å². The Hall–Kier alpha value is -2.37. The minimum Gasteiger partial charge on any atom is -0.480 e. The summed E-state index contributed by atoms with van der Waals surface area (Å²) >= 11 is 0. The number of carboxylic acid groups (broad SMARTS) is 3. The van der Waals surface area contributed by atoms with Crippen molar-refractivity contribution in [3.8, 4) is 0 Å². The molecule has 0 spiro atoms. The van der Waals surface area contributed by atoms with E-state index in [1.807, 2.05) is 0 Å². The second-order valence-corrected chi connectivity index (χ2v) is 7.78. The van der Waals surface area contributed by atoms with Crippen molar-refractivity contribution < 1.29 is 39.3 Å². The quantitative estimate of drug-likeness (QED) is 0.236. The van der Waals surface area contributed by atoms with Gasteiger partial charge in [-0.05, 0) is 19.8 Å². The van der Waals surface area contributed by atoms with Crippen molar-refractivity contribution in [2.24, 2.45) is 0 Å². The van der Waals surface area contributed by atoms with Gasteiger partial charge in [0.1, 0.15) is 12.1 Å². The third-order valence-corrected chi connectivity index (χ3v) is 5.20. The first-order chi connectivity index (χ1) is 14.1. The lowest BCUT2D eigenvalue weighted by Gasteiger charge is -2.45. The summed E-state index contributed by atoms with van der Waals surface area (Å²) < 4.78 is 0. The van der Waals surface area contributed by atoms with Crippen LogP contribution in [0.3, 0.4) is 0 Å². The van der Waals surface area contributed by atoms with Crippen LogP contribution < -0.4 is 0 Å². The molecule has 0 aromatic carbocycles. The molecule has 0 aromatic rings. The topological polar surface area (TPSA) is 156 Å². The van der Waals surface area contributed by atoms with Crippen LogP contribution in [0.25, 0.3) is 0 Å². The van der Waals surface area contributed by atoms with E-state index in [2.05, 4.69) is 0 Å². The standard InChI is InChI=1S/C19H31N3O8/c1-15(24)4-2-3-5-19(22(8-9-23)12-18(29)30)13-20(10-16(25)26)6-7-21(14-19)11-17(27)28/h9H,2-8,10-14H2,1H3,(H,25,26)(H,27,28)(H,29,30). The summed E-state index contributed by atoms with van der Waals surface area (Å²) in [6, 6.07) is 0. The number of carbonyl (C=O) groups excluding carboxylic acids is 2. The largest absolute Gasteiger partial charge is 0.480 e. The highest BCUT2D eigenvalue weighted by Crippen LogP contribution is 2.28. The molecule has 1 rings (SSSR count). The Morgan fingerprint density at radius 3 is 1.87 bits per heavy atom. The molecule has 3 N–H and O–H groups in total. The van der Waals surface area contributed by atoms with Crippen LogP contribution in [0.2, 0.25) is 0 Å². The molecule has 30 heavy (non-hydrogen) atoms. The normalized spacial score (nSPS) is 17.4. The van der Waals surface area contributed by atoms with Crippen LogP contribution in [0.15, 0.2) is 0 Å². The van der Waals surface area contributed by atoms with Gasteiger partial charge in [-0.2, -0.15) is 0 Å². The van der Waals surface area contributed by atoms with Gasteiger partial charge in [-0.25, -0.2) is 0 Å². The van der Waals surface area contributed by atoms with Gasteiger partial charge in [0.15, 0.2) is 0 Å². The first-order valence-corrected chi connectivity index (χ1v) is 9.86. The van der Waals surface area contributed by atoms with Crippen molar-refractivity contribution >= 4 is 30.0 Å². The SMILES string of the molecule is CC(=O)CCCCC1(N(CC=O)CC(=O)O)CN(CC(=O)O)CCN(CC(=O)O)C1. The van der Waals surface area contributed by atoms with E-state index >= 15 is 0 Å². The predicted octanol–water partition coefficient (Wildman–Crippen LogP) is -0.753. The third kappa shape index (κ3) is 8.97. The molecule has 0 aliphatic carbocycles. The van der Waals surface area contributed by atoms with E-state index in [9.17, 15) is 39.3 Å². The molecule has 0 aromatic heterocycles. The van der Waals surface area contributed by atoms with Crippen molar-refractivity contribution in [1.82, 2.24) is 14.7 Å². The molecule has 1 heterocycles. The molecular formula is C19H31N3O8. The van der Waals surface area contributed by atoms with Crippen molar-refractivity contribution in [3.63, 3.8) is 0 Å². The molecule has 0 saturated carbocycles. The Balaban J connectivity index is 3.28. The zero-order chi connectivity index (χ0) is 22.7. The highest BCUT2D eigenvalue weighted by Gasteiger charge is 2.42. The summed E-state index contributed by atoms with van der Waals surface area (Å²) in [7, 11) is 0. The Labute approximate surface area is 175 Å². The molecular weight excluding hydrogens is 398 g/mol. The zero-order valence-electron chi connectivity index (χ0n) is 17.3. The number of nitrogens with zero attached hydrogens (tertiary/aromatic N) is 3. The van der Waals surface area contributed by atoms with E-state index in [0.717, 1.165) is 0 Å². The average molecular weight is 429 g/mol. The summed E-state index contributed by atoms with van der Waals surface area (Å²) in [6.45, 7) is 1.26. The number of carboxylic acids is 3. The molecule has 1 saturated heterocycles. The number of Topliss-reactive ketones (excluding diaryl/α,β-unsaturated/α-hetero) is 1. The van der Waals surface area contributed by atoms with Crippen LogP contribution in [0.5, 0.6) is 0 Å². The number of carbonyl (C=O) groups is 5. The van der Waals surface area contributed by atoms with Crippen LogP contribution >= 0.6 is 0 Å². The number of hydrogen-bond acceptors (Lipinski definition) is 8. The van der Waals surface area contributed by atoms with Crippen LogP contribution in [0.4, 0.5) is 0 Å². The van der Waals surface area contributed by atoms with Crippen molar-refractivity contribution in [3.05, 3.63) is 0 Å². The van der Waals surface area contributed by atoms with Crippen LogP contribution in [-0.4, -0.2) is 118 Å². The maximum Gasteiger partial charge on any atom is 0.317 e.